The molecule has 258 valence electrons. The van der Waals surface area contributed by atoms with Crippen molar-refractivity contribution in [2.24, 2.45) is 0 Å². The zero-order chi connectivity index (χ0) is 34.9. The number of carbonyl (C=O) groups excluding carboxylic acids is 2. The van der Waals surface area contributed by atoms with Gasteiger partial charge in [0.05, 0.1) is 37.2 Å². The van der Waals surface area contributed by atoms with Crippen LogP contribution in [0.1, 0.15) is 46.9 Å². The Labute approximate surface area is 291 Å². The second-order valence-electron chi connectivity index (χ2n) is 11.8. The summed E-state index contributed by atoms with van der Waals surface area (Å²) < 4.78 is 11.1. The molecule has 4 heterocycles. The van der Waals surface area contributed by atoms with E-state index in [1.165, 1.54) is 7.11 Å². The molecule has 1 aliphatic heterocycles. The Balaban J connectivity index is 1.32. The first kappa shape index (κ1) is 35.7. The molecule has 0 radical (unpaired) electrons. The zero-order valence-electron chi connectivity index (χ0n) is 28.2. The van der Waals surface area contributed by atoms with Crippen LogP contribution in [0, 0.1) is 6.92 Å². The summed E-state index contributed by atoms with van der Waals surface area (Å²) in [6.45, 7) is 6.50. The smallest absolute Gasteiger partial charge is 0.274 e. The number of benzene rings is 1. The second kappa shape index (κ2) is 16.7. The number of aliphatic hydroxyl groups is 1. The predicted octanol–water partition coefficient (Wildman–Crippen LogP) is 4.62. The lowest BCUT2D eigenvalue weighted by Gasteiger charge is -2.31. The van der Waals surface area contributed by atoms with E-state index < -0.39 is 5.91 Å². The molecule has 49 heavy (non-hydrogen) atoms. The van der Waals surface area contributed by atoms with Crippen LogP contribution in [0.2, 0.25) is 5.02 Å². The summed E-state index contributed by atoms with van der Waals surface area (Å²) in [6, 6.07) is 13.2. The molecule has 3 aromatic heterocycles. The first-order chi connectivity index (χ1) is 23.7. The van der Waals surface area contributed by atoms with Crippen molar-refractivity contribution < 1.29 is 24.2 Å². The maximum absolute atomic E-state index is 13.3. The first-order valence-electron chi connectivity index (χ1n) is 16.2. The topological polar surface area (TPSA) is 151 Å². The molecule has 0 saturated carbocycles. The van der Waals surface area contributed by atoms with Crippen molar-refractivity contribution in [3.8, 4) is 34.1 Å². The number of rotatable bonds is 13. The third kappa shape index (κ3) is 8.52. The minimum atomic E-state index is -0.395. The van der Waals surface area contributed by atoms with E-state index in [9.17, 15) is 9.59 Å². The normalized spacial score (nSPS) is 13.3. The summed E-state index contributed by atoms with van der Waals surface area (Å²) in [7, 11) is 3.13. The average molecular weight is 688 g/mol. The van der Waals surface area contributed by atoms with Crippen LogP contribution in [0.25, 0.3) is 22.5 Å². The van der Waals surface area contributed by atoms with Gasteiger partial charge in [-0.1, -0.05) is 29.8 Å². The number of likely N-dealkylation sites (tertiary alicyclic amines) is 1. The molecule has 2 amide bonds. The molecule has 5 rings (SSSR count). The van der Waals surface area contributed by atoms with Gasteiger partial charge in [0, 0.05) is 92.1 Å². The van der Waals surface area contributed by atoms with Gasteiger partial charge in [0.25, 0.3) is 5.91 Å². The lowest BCUT2D eigenvalue weighted by molar-refractivity contribution is -0.129. The summed E-state index contributed by atoms with van der Waals surface area (Å²) in [6.07, 6.45) is 5.07. The number of nitrogens with zero attached hydrogens (tertiary/aromatic N) is 4. The highest BCUT2D eigenvalue weighted by atomic mass is 35.5. The largest absolute Gasteiger partial charge is 0.496 e. The van der Waals surface area contributed by atoms with Crippen LogP contribution in [-0.4, -0.2) is 83.3 Å². The Kier molecular flexibility index (Phi) is 12.1. The van der Waals surface area contributed by atoms with Crippen molar-refractivity contribution in [3.63, 3.8) is 0 Å². The molecule has 0 unspecified atom stereocenters. The molecule has 0 spiro atoms. The summed E-state index contributed by atoms with van der Waals surface area (Å²) in [4.78, 5) is 40.5. The highest BCUT2D eigenvalue weighted by Crippen LogP contribution is 2.38. The summed E-state index contributed by atoms with van der Waals surface area (Å²) in [5.41, 5.74) is 5.89. The molecular weight excluding hydrogens is 646 g/mol. The Bertz CT molecular complexity index is 1800. The van der Waals surface area contributed by atoms with Crippen molar-refractivity contribution in [2.75, 3.05) is 45.8 Å². The third-order valence-electron chi connectivity index (χ3n) is 8.66. The van der Waals surface area contributed by atoms with Crippen molar-refractivity contribution in [1.82, 2.24) is 30.5 Å². The van der Waals surface area contributed by atoms with Crippen LogP contribution >= 0.6 is 11.6 Å². The fraction of sp³-hybridized carbons (Fsp3) is 0.361. The number of anilines is 1. The maximum Gasteiger partial charge on any atom is 0.274 e. The van der Waals surface area contributed by atoms with Gasteiger partial charge in [-0.05, 0) is 43.5 Å². The third-order valence-corrected chi connectivity index (χ3v) is 9.04. The molecular formula is C36H42ClN7O5. The Hall–Kier alpha value is -4.62. The number of carbonyl (C=O) groups is 2. The number of piperidine rings is 1. The molecule has 0 aliphatic carbocycles. The van der Waals surface area contributed by atoms with Gasteiger partial charge in [-0.25, -0.2) is 4.98 Å². The molecule has 1 aromatic carbocycles. The number of hydrogen-bond donors (Lipinski definition) is 4. The second-order valence-corrected chi connectivity index (χ2v) is 12.1. The molecule has 4 N–H and O–H groups in total. The summed E-state index contributed by atoms with van der Waals surface area (Å²) in [5.74, 6) is 0.744. The average Bonchev–Trinajstić information content (AvgIpc) is 3.12. The zero-order valence-corrected chi connectivity index (χ0v) is 28.9. The van der Waals surface area contributed by atoms with Crippen LogP contribution in [0.15, 0.2) is 54.9 Å². The number of aliphatic hydroxyl groups excluding tert-OH is 1. The summed E-state index contributed by atoms with van der Waals surface area (Å²) in [5, 5.41) is 19.1. The van der Waals surface area contributed by atoms with Crippen LogP contribution in [-0.2, 0) is 17.9 Å². The molecule has 12 nitrogen and oxygen atoms in total. The van der Waals surface area contributed by atoms with E-state index >= 15 is 0 Å². The van der Waals surface area contributed by atoms with E-state index in [0.717, 1.165) is 48.2 Å². The van der Waals surface area contributed by atoms with Gasteiger partial charge in [-0.15, -0.1) is 0 Å². The maximum atomic E-state index is 13.3. The van der Waals surface area contributed by atoms with E-state index in [4.69, 9.17) is 31.2 Å². The van der Waals surface area contributed by atoms with Crippen LogP contribution in [0.4, 0.5) is 5.69 Å². The van der Waals surface area contributed by atoms with E-state index in [-0.39, 0.29) is 18.2 Å². The fourth-order valence-corrected chi connectivity index (χ4v) is 6.15. The summed E-state index contributed by atoms with van der Waals surface area (Å²) >= 11 is 7.02. The van der Waals surface area contributed by atoms with Gasteiger partial charge in [0.2, 0.25) is 11.8 Å². The van der Waals surface area contributed by atoms with Gasteiger partial charge in [-0.3, -0.25) is 19.6 Å². The van der Waals surface area contributed by atoms with Gasteiger partial charge in [-0.2, -0.15) is 0 Å². The highest BCUT2D eigenvalue weighted by molar-refractivity contribution is 6.35. The van der Waals surface area contributed by atoms with Crippen LogP contribution in [0.3, 0.4) is 0 Å². The van der Waals surface area contributed by atoms with Crippen molar-refractivity contribution in [1.29, 1.82) is 0 Å². The van der Waals surface area contributed by atoms with E-state index in [1.54, 1.807) is 32.5 Å². The van der Waals surface area contributed by atoms with Gasteiger partial charge >= 0.3 is 0 Å². The number of methoxy groups -OCH3 is 2. The van der Waals surface area contributed by atoms with Gasteiger partial charge < -0.3 is 35.4 Å². The number of amides is 2. The molecule has 0 bridgehead atoms. The molecule has 1 fully saturated rings. The highest BCUT2D eigenvalue weighted by Gasteiger charge is 2.22. The Morgan fingerprint density at radius 3 is 2.53 bits per heavy atom. The van der Waals surface area contributed by atoms with Crippen LogP contribution < -0.4 is 25.4 Å². The molecule has 1 aliphatic rings. The van der Waals surface area contributed by atoms with Crippen molar-refractivity contribution in [3.05, 3.63) is 82.3 Å². The number of halogens is 1. The monoisotopic (exact) mass is 687 g/mol. The SMILES string of the molecule is COc1cc(C(=O)Nc2cccc(-c3nccc(-c4ccc(CNC5CCN(C(C)=O)CC5)c(OC)n4)c3Cl)c2C)ncc1CNCCO. The van der Waals surface area contributed by atoms with Crippen molar-refractivity contribution in [2.45, 2.75) is 45.8 Å². The number of nitrogens with one attached hydrogen (secondary N) is 3. The molecule has 13 heteroatoms. The molecule has 0 atom stereocenters. The number of aromatic nitrogens is 3. The number of ether oxygens (including phenoxy) is 2. The predicted molar refractivity (Wildman–Crippen MR) is 189 cm³/mol. The minimum Gasteiger partial charge on any atom is -0.496 e. The van der Waals surface area contributed by atoms with Crippen molar-refractivity contribution >= 4 is 29.1 Å². The fourth-order valence-electron chi connectivity index (χ4n) is 5.84. The molecule has 1 saturated heterocycles. The molecule has 4 aromatic rings. The standard InChI is InChI=1S/C36H42ClN7O5/c1-22-27(6-5-7-29(22)42-35(47)31-18-32(48-3)25(21-41-31)19-38-14-17-45)34-33(37)28(10-13-39-34)30-9-8-24(36(43-30)49-4)20-40-26-11-15-44(16-12-26)23(2)46/h5-10,13,18,21,26,38,40,45H,11-12,14-17,19-20H2,1-4H3,(H,42,47). The first-order valence-corrected chi connectivity index (χ1v) is 16.5. The quantitative estimate of drug-likeness (QED) is 0.147. The Morgan fingerprint density at radius 2 is 1.82 bits per heavy atom. The lowest BCUT2D eigenvalue weighted by atomic mass is 10.0. The Morgan fingerprint density at radius 1 is 1.02 bits per heavy atom. The van der Waals surface area contributed by atoms with E-state index in [0.29, 0.717) is 65.0 Å². The van der Waals surface area contributed by atoms with Gasteiger partial charge in [0.15, 0.2) is 0 Å². The lowest BCUT2D eigenvalue weighted by Crippen LogP contribution is -2.44. The number of hydrogen-bond acceptors (Lipinski definition) is 10. The van der Waals surface area contributed by atoms with E-state index in [1.807, 2.05) is 48.2 Å². The minimum absolute atomic E-state index is 0.0158. The van der Waals surface area contributed by atoms with Gasteiger partial charge in [0.1, 0.15) is 11.4 Å². The number of pyridine rings is 3. The van der Waals surface area contributed by atoms with E-state index in [2.05, 4.69) is 25.9 Å². The van der Waals surface area contributed by atoms with Crippen LogP contribution in [0.5, 0.6) is 11.6 Å².